The summed E-state index contributed by atoms with van der Waals surface area (Å²) in [6, 6.07) is 17.3. The van der Waals surface area contributed by atoms with Crippen molar-refractivity contribution < 1.29 is 19.1 Å². The Morgan fingerprint density at radius 3 is 2.58 bits per heavy atom. The second-order valence-electron chi connectivity index (χ2n) is 8.28. The fraction of sp³-hybridized carbons (Fsp3) is 0.308. The Balaban J connectivity index is 1.46. The highest BCUT2D eigenvalue weighted by Crippen LogP contribution is 2.26. The van der Waals surface area contributed by atoms with Crippen LogP contribution in [0.25, 0.3) is 0 Å². The van der Waals surface area contributed by atoms with Gasteiger partial charge < -0.3 is 24.6 Å². The molecule has 0 spiro atoms. The first-order chi connectivity index (χ1) is 17.5. The number of benzene rings is 2. The number of nitrogens with one attached hydrogen (secondary N) is 1. The second kappa shape index (κ2) is 11.8. The number of fused-ring (bicyclic) bond motifs is 1. The summed E-state index contributed by atoms with van der Waals surface area (Å²) in [5.41, 5.74) is 2.42. The smallest absolute Gasteiger partial charge is 0.406 e. The first-order valence-corrected chi connectivity index (χ1v) is 12.7. The summed E-state index contributed by atoms with van der Waals surface area (Å²) in [5, 5.41) is 3.35. The zero-order chi connectivity index (χ0) is 25.5. The number of alkyl carbamates (subject to hydrolysis) is 1. The summed E-state index contributed by atoms with van der Waals surface area (Å²) in [6.07, 6.45) is 2.63. The normalized spacial score (nSPS) is 14.0. The van der Waals surface area contributed by atoms with E-state index in [-0.39, 0.29) is 18.6 Å². The molecule has 1 aliphatic rings. The molecule has 36 heavy (non-hydrogen) atoms. The molecule has 9 nitrogen and oxygen atoms in total. The number of amides is 2. The lowest BCUT2D eigenvalue weighted by Gasteiger charge is -2.22. The van der Waals surface area contributed by atoms with Crippen molar-refractivity contribution >= 4 is 29.6 Å². The maximum absolute atomic E-state index is 13.3. The molecule has 2 heterocycles. The van der Waals surface area contributed by atoms with Gasteiger partial charge in [0.25, 0.3) is 5.91 Å². The van der Waals surface area contributed by atoms with E-state index in [0.717, 1.165) is 11.1 Å². The van der Waals surface area contributed by atoms with Crippen molar-refractivity contribution in [3.05, 3.63) is 77.5 Å². The number of ether oxygens (including phenoxy) is 2. The molecule has 1 N–H and O–H groups in total. The Hall–Kier alpha value is -3.79. The molecular weight excluding hydrogens is 478 g/mol. The van der Waals surface area contributed by atoms with E-state index in [1.165, 1.54) is 18.9 Å². The van der Waals surface area contributed by atoms with Gasteiger partial charge in [0.05, 0.1) is 13.7 Å². The summed E-state index contributed by atoms with van der Waals surface area (Å²) in [4.78, 5) is 37.5. The van der Waals surface area contributed by atoms with E-state index < -0.39 is 6.09 Å². The van der Waals surface area contributed by atoms with E-state index in [4.69, 9.17) is 4.74 Å². The Bertz CT molecular complexity index is 1190. The monoisotopic (exact) mass is 507 g/mol. The summed E-state index contributed by atoms with van der Waals surface area (Å²) in [7, 11) is 3.27. The number of aromatic nitrogens is 2. The average Bonchev–Trinajstić information content (AvgIpc) is 3.03. The molecule has 188 valence electrons. The van der Waals surface area contributed by atoms with E-state index in [1.807, 2.05) is 77.7 Å². The summed E-state index contributed by atoms with van der Waals surface area (Å²) in [6.45, 7) is 1.97. The first kappa shape index (κ1) is 25.3. The fourth-order valence-corrected chi connectivity index (χ4v) is 4.23. The van der Waals surface area contributed by atoms with Gasteiger partial charge in [0.2, 0.25) is 0 Å². The predicted molar refractivity (Wildman–Crippen MR) is 138 cm³/mol. The number of nitrogens with zero attached hydrogens (tertiary/aromatic N) is 4. The number of likely N-dealkylation sites (N-methyl/N-ethyl adjacent to an activating group) is 1. The number of methoxy groups -OCH3 is 1. The van der Waals surface area contributed by atoms with Crippen molar-refractivity contribution in [3.8, 4) is 5.75 Å². The van der Waals surface area contributed by atoms with Gasteiger partial charge in [0.15, 0.2) is 5.16 Å². The van der Waals surface area contributed by atoms with E-state index in [9.17, 15) is 9.59 Å². The topological polar surface area (TPSA) is 96.9 Å². The van der Waals surface area contributed by atoms with E-state index in [2.05, 4.69) is 20.0 Å². The quantitative estimate of drug-likeness (QED) is 0.364. The minimum absolute atomic E-state index is 0.0830. The van der Waals surface area contributed by atoms with Crippen molar-refractivity contribution in [3.63, 3.8) is 0 Å². The Labute approximate surface area is 214 Å². The highest BCUT2D eigenvalue weighted by atomic mass is 32.2. The van der Waals surface area contributed by atoms with Gasteiger partial charge in [0, 0.05) is 32.9 Å². The van der Waals surface area contributed by atoms with Gasteiger partial charge in [-0.1, -0.05) is 54.2 Å². The molecule has 2 amide bonds. The van der Waals surface area contributed by atoms with Crippen LogP contribution in [0, 0.1) is 0 Å². The molecule has 10 heteroatoms. The fourth-order valence-electron chi connectivity index (χ4n) is 3.90. The molecule has 0 fully saturated rings. The van der Waals surface area contributed by atoms with Crippen LogP contribution in [-0.4, -0.2) is 66.9 Å². The number of rotatable bonds is 8. The number of hydrogen-bond acceptors (Lipinski definition) is 8. The number of hydrogen-bond donors (Lipinski definition) is 1. The van der Waals surface area contributed by atoms with E-state index in [1.54, 1.807) is 6.20 Å². The lowest BCUT2D eigenvalue weighted by atomic mass is 10.1. The van der Waals surface area contributed by atoms with Gasteiger partial charge in [0.1, 0.15) is 23.2 Å². The molecule has 1 atom stereocenters. The van der Waals surface area contributed by atoms with Crippen LogP contribution in [0.3, 0.4) is 0 Å². The molecular formula is C26H29N5O4S. The molecule has 0 radical (unpaired) electrons. The maximum Gasteiger partial charge on any atom is 0.406 e. The molecule has 1 unspecified atom stereocenters. The number of anilines is 1. The SMILES string of the molecule is COC(=O)NCC(Oc1ccc(CN2CCN(C)c3nc(SC)ncc3C2=O)cc1)c1ccccc1. The highest BCUT2D eigenvalue weighted by molar-refractivity contribution is 7.98. The Kier molecular flexibility index (Phi) is 8.27. The summed E-state index contributed by atoms with van der Waals surface area (Å²) in [5.74, 6) is 1.24. The lowest BCUT2D eigenvalue weighted by Crippen LogP contribution is -2.33. The third-order valence-corrected chi connectivity index (χ3v) is 6.44. The molecule has 0 bridgehead atoms. The van der Waals surface area contributed by atoms with Gasteiger partial charge in [-0.25, -0.2) is 14.8 Å². The lowest BCUT2D eigenvalue weighted by molar-refractivity contribution is 0.0754. The molecule has 3 aromatic rings. The van der Waals surface area contributed by atoms with Gasteiger partial charge in [-0.3, -0.25) is 4.79 Å². The third kappa shape index (κ3) is 6.06. The Morgan fingerprint density at radius 2 is 1.89 bits per heavy atom. The van der Waals surface area contributed by atoms with Crippen molar-refractivity contribution in [2.75, 3.05) is 44.9 Å². The predicted octanol–water partition coefficient (Wildman–Crippen LogP) is 3.77. The van der Waals surface area contributed by atoms with Gasteiger partial charge >= 0.3 is 6.09 Å². The van der Waals surface area contributed by atoms with Crippen LogP contribution in [0.1, 0.15) is 27.6 Å². The zero-order valence-electron chi connectivity index (χ0n) is 20.5. The maximum atomic E-state index is 13.3. The van der Waals surface area contributed by atoms with Crippen LogP contribution >= 0.6 is 11.8 Å². The van der Waals surface area contributed by atoms with Crippen LogP contribution in [0.15, 0.2) is 66.0 Å². The van der Waals surface area contributed by atoms with Crippen molar-refractivity contribution in [2.45, 2.75) is 17.8 Å². The standard InChI is InChI=1S/C26H29N5O4S/c1-30-13-14-31(24(32)21-15-27-25(36-3)29-23(21)30)17-18-9-11-20(12-10-18)35-22(16-28-26(33)34-2)19-7-5-4-6-8-19/h4-12,15,22H,13-14,16-17H2,1-3H3,(H,28,33). The van der Waals surface area contributed by atoms with Crippen molar-refractivity contribution in [1.82, 2.24) is 20.2 Å². The van der Waals surface area contributed by atoms with E-state index in [0.29, 0.717) is 41.9 Å². The largest absolute Gasteiger partial charge is 0.484 e. The van der Waals surface area contributed by atoms with Crippen molar-refractivity contribution in [1.29, 1.82) is 0 Å². The Morgan fingerprint density at radius 1 is 1.14 bits per heavy atom. The zero-order valence-corrected chi connectivity index (χ0v) is 21.3. The van der Waals surface area contributed by atoms with Crippen LogP contribution in [0.5, 0.6) is 5.75 Å². The number of carbonyl (C=O) groups excluding carboxylic acids is 2. The van der Waals surface area contributed by atoms with E-state index >= 15 is 0 Å². The van der Waals surface area contributed by atoms with Crippen LogP contribution in [0.4, 0.5) is 10.6 Å². The van der Waals surface area contributed by atoms with Crippen LogP contribution in [0.2, 0.25) is 0 Å². The van der Waals surface area contributed by atoms with Crippen molar-refractivity contribution in [2.24, 2.45) is 0 Å². The second-order valence-corrected chi connectivity index (χ2v) is 9.05. The van der Waals surface area contributed by atoms with Gasteiger partial charge in [-0.2, -0.15) is 0 Å². The molecule has 1 aromatic heterocycles. The molecule has 0 aliphatic carbocycles. The molecule has 0 saturated heterocycles. The molecule has 4 rings (SSSR count). The van der Waals surface area contributed by atoms with Gasteiger partial charge in [-0.15, -0.1) is 0 Å². The minimum Gasteiger partial charge on any atom is -0.484 e. The summed E-state index contributed by atoms with van der Waals surface area (Å²) >= 11 is 1.45. The first-order valence-electron chi connectivity index (χ1n) is 11.5. The third-order valence-electron chi connectivity index (χ3n) is 5.88. The molecule has 2 aromatic carbocycles. The van der Waals surface area contributed by atoms with Crippen LogP contribution in [-0.2, 0) is 11.3 Å². The highest BCUT2D eigenvalue weighted by Gasteiger charge is 2.27. The number of carbonyl (C=O) groups is 2. The average molecular weight is 508 g/mol. The summed E-state index contributed by atoms with van der Waals surface area (Å²) < 4.78 is 10.9. The molecule has 0 saturated carbocycles. The molecule has 1 aliphatic heterocycles. The number of thioether (sulfide) groups is 1. The van der Waals surface area contributed by atoms with Gasteiger partial charge in [-0.05, 0) is 29.5 Å². The minimum atomic E-state index is -0.515. The van der Waals surface area contributed by atoms with Crippen LogP contribution < -0.4 is 15.0 Å².